The predicted octanol–water partition coefficient (Wildman–Crippen LogP) is 2.16. The Balaban J connectivity index is 1.47. The average molecular weight is 322 g/mol. The van der Waals surface area contributed by atoms with Gasteiger partial charge in [-0.15, -0.1) is 0 Å². The van der Waals surface area contributed by atoms with Crippen LogP contribution in [0.4, 0.5) is 0 Å². The van der Waals surface area contributed by atoms with Gasteiger partial charge in [-0.25, -0.2) is 0 Å². The maximum Gasteiger partial charge on any atom is 0.224 e. The number of hydrogen-bond acceptors (Lipinski definition) is 4. The van der Waals surface area contributed by atoms with E-state index in [2.05, 4.69) is 20.9 Å². The Hall–Kier alpha value is -2.27. The van der Waals surface area contributed by atoms with E-state index in [1.54, 1.807) is 0 Å². The first kappa shape index (κ1) is 15.3. The van der Waals surface area contributed by atoms with Gasteiger partial charge in [-0.05, 0) is 37.6 Å². The van der Waals surface area contributed by atoms with Gasteiger partial charge in [0.1, 0.15) is 0 Å². The third-order valence-corrected chi connectivity index (χ3v) is 5.10. The Morgan fingerprint density at radius 1 is 1.08 bits per heavy atom. The molecule has 124 valence electrons. The number of aryl methyl sites for hydroxylation is 1. The Kier molecular flexibility index (Phi) is 4.02. The van der Waals surface area contributed by atoms with Crippen molar-refractivity contribution in [1.29, 1.82) is 0 Å². The van der Waals surface area contributed by atoms with Crippen molar-refractivity contribution in [3.05, 3.63) is 59.7 Å². The monoisotopic (exact) mass is 322 g/mol. The van der Waals surface area contributed by atoms with Crippen LogP contribution in [-0.4, -0.2) is 44.3 Å². The van der Waals surface area contributed by atoms with E-state index in [9.17, 15) is 4.79 Å². The molecule has 1 amide bonds. The average Bonchev–Trinajstić information content (AvgIpc) is 3.09. The Labute approximate surface area is 142 Å². The summed E-state index contributed by atoms with van der Waals surface area (Å²) in [4.78, 5) is 26.0. The number of amides is 1. The van der Waals surface area contributed by atoms with E-state index in [0.29, 0.717) is 25.0 Å². The molecule has 2 aliphatic heterocycles. The lowest BCUT2D eigenvalue weighted by Crippen LogP contribution is -2.37. The highest BCUT2D eigenvalue weighted by Gasteiger charge is 2.46. The minimum Gasteiger partial charge on any atom is -0.332 e. The van der Waals surface area contributed by atoms with Crippen LogP contribution in [0.5, 0.6) is 0 Å². The molecule has 0 spiro atoms. The highest BCUT2D eigenvalue weighted by atomic mass is 16.2. The van der Waals surface area contributed by atoms with Gasteiger partial charge in [-0.3, -0.25) is 19.7 Å². The van der Waals surface area contributed by atoms with Gasteiger partial charge >= 0.3 is 0 Å². The first-order chi connectivity index (χ1) is 11.7. The smallest absolute Gasteiger partial charge is 0.224 e. The predicted molar refractivity (Wildman–Crippen MR) is 91.0 cm³/mol. The van der Waals surface area contributed by atoms with Crippen molar-refractivity contribution in [3.8, 4) is 0 Å². The van der Waals surface area contributed by atoms with Crippen molar-refractivity contribution in [3.63, 3.8) is 0 Å². The molecule has 0 aliphatic carbocycles. The number of nitrogens with zero attached hydrogens (tertiary/aromatic N) is 4. The molecule has 2 fully saturated rings. The van der Waals surface area contributed by atoms with Crippen LogP contribution in [0.2, 0.25) is 0 Å². The topological polar surface area (TPSA) is 49.3 Å². The molecular weight excluding hydrogens is 300 g/mol. The first-order valence-electron chi connectivity index (χ1n) is 8.57. The standard InChI is InChI=1S/C19H22N4O/c1-14-5-4-7-16(21-14)13-23-17-8-10-22(18(17)11-19(23)24)12-15-6-2-3-9-20-15/h2-7,9,17-18H,8,10-13H2,1H3/t17-,18+/m0/s1. The lowest BCUT2D eigenvalue weighted by molar-refractivity contribution is -0.129. The van der Waals surface area contributed by atoms with Crippen molar-refractivity contribution in [1.82, 2.24) is 19.8 Å². The fourth-order valence-electron chi connectivity index (χ4n) is 3.97. The molecule has 0 N–H and O–H groups in total. The van der Waals surface area contributed by atoms with Crippen LogP contribution < -0.4 is 0 Å². The fraction of sp³-hybridized carbons (Fsp3) is 0.421. The molecule has 2 atom stereocenters. The minimum absolute atomic E-state index is 0.249. The van der Waals surface area contributed by atoms with E-state index in [-0.39, 0.29) is 5.91 Å². The van der Waals surface area contributed by atoms with Crippen molar-refractivity contribution in [2.45, 2.75) is 44.9 Å². The van der Waals surface area contributed by atoms with Crippen molar-refractivity contribution in [2.75, 3.05) is 6.54 Å². The Morgan fingerprint density at radius 2 is 1.96 bits per heavy atom. The molecule has 0 saturated carbocycles. The number of likely N-dealkylation sites (tertiary alicyclic amines) is 2. The molecule has 0 bridgehead atoms. The minimum atomic E-state index is 0.249. The summed E-state index contributed by atoms with van der Waals surface area (Å²) in [5.41, 5.74) is 3.05. The second-order valence-corrected chi connectivity index (χ2v) is 6.71. The van der Waals surface area contributed by atoms with Gasteiger partial charge in [-0.2, -0.15) is 0 Å². The Morgan fingerprint density at radius 3 is 2.75 bits per heavy atom. The zero-order chi connectivity index (χ0) is 16.5. The summed E-state index contributed by atoms with van der Waals surface area (Å²) in [6.07, 6.45) is 3.48. The van der Waals surface area contributed by atoms with E-state index in [0.717, 1.165) is 36.6 Å². The first-order valence-corrected chi connectivity index (χ1v) is 8.57. The van der Waals surface area contributed by atoms with E-state index in [1.165, 1.54) is 0 Å². The van der Waals surface area contributed by atoms with Gasteiger partial charge in [0.05, 0.1) is 17.9 Å². The van der Waals surface area contributed by atoms with Crippen LogP contribution in [0.25, 0.3) is 0 Å². The van der Waals surface area contributed by atoms with Gasteiger partial charge in [0.15, 0.2) is 0 Å². The second kappa shape index (κ2) is 6.32. The van der Waals surface area contributed by atoms with Crippen molar-refractivity contribution >= 4 is 5.91 Å². The third kappa shape index (κ3) is 2.91. The number of pyridine rings is 2. The number of carbonyl (C=O) groups excluding carboxylic acids is 1. The van der Waals surface area contributed by atoms with E-state index >= 15 is 0 Å². The number of rotatable bonds is 4. The van der Waals surface area contributed by atoms with Gasteiger partial charge in [-0.1, -0.05) is 12.1 Å². The van der Waals surface area contributed by atoms with E-state index < -0.39 is 0 Å². The van der Waals surface area contributed by atoms with Crippen LogP contribution in [0, 0.1) is 6.92 Å². The molecule has 2 aromatic rings. The number of hydrogen-bond donors (Lipinski definition) is 0. The molecule has 2 aromatic heterocycles. The summed E-state index contributed by atoms with van der Waals surface area (Å²) in [7, 11) is 0. The highest BCUT2D eigenvalue weighted by molar-refractivity contribution is 5.80. The molecule has 4 rings (SSSR count). The molecule has 2 aliphatic rings. The van der Waals surface area contributed by atoms with E-state index in [4.69, 9.17) is 0 Å². The van der Waals surface area contributed by atoms with Crippen molar-refractivity contribution < 1.29 is 4.79 Å². The summed E-state index contributed by atoms with van der Waals surface area (Å²) in [5, 5.41) is 0. The molecular formula is C19H22N4O. The quantitative estimate of drug-likeness (QED) is 0.865. The lowest BCUT2D eigenvalue weighted by atomic mass is 10.1. The lowest BCUT2D eigenvalue weighted by Gasteiger charge is -2.25. The molecule has 5 heteroatoms. The molecule has 0 unspecified atom stereocenters. The van der Waals surface area contributed by atoms with Crippen LogP contribution >= 0.6 is 0 Å². The summed E-state index contributed by atoms with van der Waals surface area (Å²) in [6.45, 7) is 4.46. The van der Waals surface area contributed by atoms with E-state index in [1.807, 2.05) is 48.4 Å². The van der Waals surface area contributed by atoms with Crippen LogP contribution in [0.1, 0.15) is 29.9 Å². The highest BCUT2D eigenvalue weighted by Crippen LogP contribution is 2.34. The molecule has 5 nitrogen and oxygen atoms in total. The zero-order valence-electron chi connectivity index (χ0n) is 13.9. The molecule has 0 aromatic carbocycles. The largest absolute Gasteiger partial charge is 0.332 e. The maximum absolute atomic E-state index is 12.5. The Bertz CT molecular complexity index is 733. The number of aromatic nitrogens is 2. The molecule has 4 heterocycles. The number of fused-ring (bicyclic) bond motifs is 1. The van der Waals surface area contributed by atoms with Gasteiger partial charge in [0, 0.05) is 43.5 Å². The number of carbonyl (C=O) groups is 1. The van der Waals surface area contributed by atoms with Gasteiger partial charge in [0.25, 0.3) is 0 Å². The summed E-state index contributed by atoms with van der Waals surface area (Å²) in [5.74, 6) is 0.249. The van der Waals surface area contributed by atoms with Gasteiger partial charge in [0.2, 0.25) is 5.91 Å². The normalized spacial score (nSPS) is 23.7. The zero-order valence-corrected chi connectivity index (χ0v) is 13.9. The maximum atomic E-state index is 12.5. The van der Waals surface area contributed by atoms with Crippen LogP contribution in [-0.2, 0) is 17.9 Å². The second-order valence-electron chi connectivity index (χ2n) is 6.71. The summed E-state index contributed by atoms with van der Waals surface area (Å²) in [6, 6.07) is 12.6. The molecule has 0 radical (unpaired) electrons. The van der Waals surface area contributed by atoms with Crippen molar-refractivity contribution in [2.24, 2.45) is 0 Å². The third-order valence-electron chi connectivity index (χ3n) is 5.10. The molecule has 2 saturated heterocycles. The summed E-state index contributed by atoms with van der Waals surface area (Å²) < 4.78 is 0. The van der Waals surface area contributed by atoms with Crippen LogP contribution in [0.3, 0.4) is 0 Å². The SMILES string of the molecule is Cc1cccc(CN2C(=O)C[C@@H]3[C@@H]2CCN3Cc2ccccn2)n1. The van der Waals surface area contributed by atoms with Crippen LogP contribution in [0.15, 0.2) is 42.6 Å². The van der Waals surface area contributed by atoms with Gasteiger partial charge < -0.3 is 4.90 Å². The molecule has 24 heavy (non-hydrogen) atoms. The summed E-state index contributed by atoms with van der Waals surface area (Å²) >= 11 is 0. The fourth-order valence-corrected chi connectivity index (χ4v) is 3.97.